The van der Waals surface area contributed by atoms with Crippen molar-refractivity contribution in [2.24, 2.45) is 0 Å². The minimum atomic E-state index is -1.27. The molecule has 1 rings (SSSR count). The predicted molar refractivity (Wildman–Crippen MR) is 67.5 cm³/mol. The van der Waals surface area contributed by atoms with Gasteiger partial charge >= 0.3 is 5.97 Å². The van der Waals surface area contributed by atoms with Gasteiger partial charge in [-0.1, -0.05) is 0 Å². The molecule has 0 aliphatic rings. The van der Waals surface area contributed by atoms with Crippen molar-refractivity contribution in [2.45, 2.75) is 13.5 Å². The molecule has 0 atom stereocenters. The molecule has 0 radical (unpaired) electrons. The molecule has 0 saturated heterocycles. The van der Waals surface area contributed by atoms with Crippen molar-refractivity contribution in [1.29, 1.82) is 0 Å². The van der Waals surface area contributed by atoms with Crippen LogP contribution in [0.3, 0.4) is 0 Å². The molecule has 0 spiro atoms. The Kier molecular flexibility index (Phi) is 4.68. The molecule has 7 heteroatoms. The number of hydrogen-bond acceptors (Lipinski definition) is 4. The van der Waals surface area contributed by atoms with Crippen molar-refractivity contribution in [3.05, 3.63) is 28.2 Å². The molecule has 1 N–H and O–H groups in total. The molecule has 0 bridgehead atoms. The number of carboxylic acid groups (broad SMARTS) is 1. The van der Waals surface area contributed by atoms with Crippen LogP contribution >= 0.6 is 0 Å². The number of nitrogens with zero attached hydrogens (tertiary/aromatic N) is 2. The average Bonchev–Trinajstić information content (AvgIpc) is 2.38. The van der Waals surface area contributed by atoms with Crippen LogP contribution in [0.25, 0.3) is 0 Å². The largest absolute Gasteiger partial charge is 0.491 e. The van der Waals surface area contributed by atoms with Gasteiger partial charge in [-0.3, -0.25) is 9.59 Å². The van der Waals surface area contributed by atoms with Crippen LogP contribution < -0.4 is 10.2 Å². The number of likely N-dealkylation sites (N-methyl/N-ethyl adjacent to an activating group) is 1. The molecule has 1 aromatic rings. The molecular weight excluding hydrogens is 252 g/mol. The third-order valence-corrected chi connectivity index (χ3v) is 2.74. The topological polar surface area (TPSA) is 88.8 Å². The van der Waals surface area contributed by atoms with Crippen molar-refractivity contribution in [1.82, 2.24) is 9.47 Å². The number of amides is 1. The lowest BCUT2D eigenvalue weighted by Gasteiger charge is -2.17. The van der Waals surface area contributed by atoms with E-state index in [1.807, 2.05) is 6.92 Å². The summed E-state index contributed by atoms with van der Waals surface area (Å²) in [7, 11) is 2.92. The van der Waals surface area contributed by atoms with Gasteiger partial charge in [0.05, 0.1) is 13.3 Å². The van der Waals surface area contributed by atoms with Crippen LogP contribution in [-0.2, 0) is 11.3 Å². The summed E-state index contributed by atoms with van der Waals surface area (Å²) in [4.78, 5) is 35.8. The highest BCUT2D eigenvalue weighted by molar-refractivity contribution is 5.86. The summed E-state index contributed by atoms with van der Waals surface area (Å²) in [6, 6.07) is 0.945. The number of methoxy groups -OCH3 is 1. The lowest BCUT2D eigenvalue weighted by Crippen LogP contribution is -2.31. The summed E-state index contributed by atoms with van der Waals surface area (Å²) in [5.74, 6) is -1.53. The molecule has 0 saturated carbocycles. The van der Waals surface area contributed by atoms with Gasteiger partial charge in [0.2, 0.25) is 11.3 Å². The van der Waals surface area contributed by atoms with Crippen LogP contribution in [0.5, 0.6) is 5.75 Å². The van der Waals surface area contributed by atoms with E-state index in [-0.39, 0.29) is 23.9 Å². The first kappa shape index (κ1) is 14.7. The molecule has 0 fully saturated rings. The summed E-state index contributed by atoms with van der Waals surface area (Å²) in [5.41, 5.74) is -0.781. The lowest BCUT2D eigenvalue weighted by molar-refractivity contribution is -0.130. The number of aromatic carboxylic acids is 1. The smallest absolute Gasteiger partial charge is 0.352 e. The van der Waals surface area contributed by atoms with Gasteiger partial charge in [0, 0.05) is 19.7 Å². The summed E-state index contributed by atoms with van der Waals surface area (Å²) in [6.45, 7) is 2.16. The Morgan fingerprint density at radius 2 is 2.11 bits per heavy atom. The molecular formula is C12H16N2O5. The van der Waals surface area contributed by atoms with Gasteiger partial charge in [-0.05, 0) is 6.92 Å². The highest BCUT2D eigenvalue weighted by Gasteiger charge is 2.16. The summed E-state index contributed by atoms with van der Waals surface area (Å²) < 4.78 is 6.03. The Morgan fingerprint density at radius 3 is 2.58 bits per heavy atom. The maximum absolute atomic E-state index is 11.8. The van der Waals surface area contributed by atoms with Gasteiger partial charge in [-0.25, -0.2) is 4.79 Å². The van der Waals surface area contributed by atoms with Crippen molar-refractivity contribution < 1.29 is 19.4 Å². The minimum absolute atomic E-state index is 0.00282. The van der Waals surface area contributed by atoms with Crippen molar-refractivity contribution in [2.75, 3.05) is 20.7 Å². The highest BCUT2D eigenvalue weighted by Crippen LogP contribution is 2.07. The summed E-state index contributed by atoms with van der Waals surface area (Å²) in [6.07, 6.45) is 1.23. The van der Waals surface area contributed by atoms with Gasteiger partial charge in [-0.2, -0.15) is 0 Å². The van der Waals surface area contributed by atoms with Gasteiger partial charge in [0.15, 0.2) is 5.75 Å². The molecule has 0 unspecified atom stereocenters. The van der Waals surface area contributed by atoms with Crippen LogP contribution in [0.15, 0.2) is 17.1 Å². The van der Waals surface area contributed by atoms with Gasteiger partial charge in [0.25, 0.3) is 0 Å². The van der Waals surface area contributed by atoms with Crippen molar-refractivity contribution >= 4 is 11.9 Å². The second kappa shape index (κ2) is 6.03. The SMILES string of the molecule is CCN(C)C(=O)Cn1cc(OC)c(=O)cc1C(=O)O. The first-order chi connectivity index (χ1) is 8.90. The molecule has 0 aliphatic carbocycles. The zero-order valence-corrected chi connectivity index (χ0v) is 11.0. The molecule has 19 heavy (non-hydrogen) atoms. The predicted octanol–water partition coefficient (Wildman–Crippen LogP) is 0.0334. The second-order valence-corrected chi connectivity index (χ2v) is 3.93. The second-order valence-electron chi connectivity index (χ2n) is 3.93. The first-order valence-corrected chi connectivity index (χ1v) is 5.66. The fourth-order valence-corrected chi connectivity index (χ4v) is 1.46. The Balaban J connectivity index is 3.21. The molecule has 1 aromatic heterocycles. The average molecular weight is 268 g/mol. The van der Waals surface area contributed by atoms with E-state index in [0.717, 1.165) is 6.07 Å². The number of carboxylic acids is 1. The molecule has 1 heterocycles. The van der Waals surface area contributed by atoms with E-state index in [4.69, 9.17) is 9.84 Å². The molecule has 104 valence electrons. The number of aromatic nitrogens is 1. The fourth-order valence-electron chi connectivity index (χ4n) is 1.46. The first-order valence-electron chi connectivity index (χ1n) is 5.66. The zero-order chi connectivity index (χ0) is 14.6. The third-order valence-electron chi connectivity index (χ3n) is 2.74. The van der Waals surface area contributed by atoms with Gasteiger partial charge < -0.3 is 19.3 Å². The molecule has 0 aliphatic heterocycles. The highest BCUT2D eigenvalue weighted by atomic mass is 16.5. The van der Waals surface area contributed by atoms with E-state index >= 15 is 0 Å². The normalized spacial score (nSPS) is 10.1. The Labute approximate surface area is 110 Å². The van der Waals surface area contributed by atoms with Crippen LogP contribution in [0.2, 0.25) is 0 Å². The van der Waals surface area contributed by atoms with E-state index in [0.29, 0.717) is 6.54 Å². The monoisotopic (exact) mass is 268 g/mol. The maximum Gasteiger partial charge on any atom is 0.352 e. The summed E-state index contributed by atoms with van der Waals surface area (Å²) in [5, 5.41) is 9.04. The molecule has 1 amide bonds. The summed E-state index contributed by atoms with van der Waals surface area (Å²) >= 11 is 0. The quantitative estimate of drug-likeness (QED) is 0.814. The lowest BCUT2D eigenvalue weighted by atomic mass is 10.3. The number of pyridine rings is 1. The number of carbonyl (C=O) groups is 2. The Morgan fingerprint density at radius 1 is 1.47 bits per heavy atom. The third kappa shape index (κ3) is 3.34. The van der Waals surface area contributed by atoms with Crippen molar-refractivity contribution in [3.63, 3.8) is 0 Å². The Hall–Kier alpha value is -2.31. The van der Waals surface area contributed by atoms with E-state index in [1.165, 1.54) is 22.8 Å². The fraction of sp³-hybridized carbons (Fsp3) is 0.417. The molecule has 7 nitrogen and oxygen atoms in total. The zero-order valence-electron chi connectivity index (χ0n) is 11.0. The van der Waals surface area contributed by atoms with E-state index < -0.39 is 11.4 Å². The van der Waals surface area contributed by atoms with Crippen molar-refractivity contribution in [3.8, 4) is 5.75 Å². The van der Waals surface area contributed by atoms with Crippen LogP contribution in [0.1, 0.15) is 17.4 Å². The van der Waals surface area contributed by atoms with Gasteiger partial charge in [0.1, 0.15) is 12.2 Å². The van der Waals surface area contributed by atoms with E-state index in [2.05, 4.69) is 0 Å². The minimum Gasteiger partial charge on any atom is -0.491 e. The molecule has 0 aromatic carbocycles. The van der Waals surface area contributed by atoms with Crippen LogP contribution in [-0.4, -0.2) is 47.2 Å². The van der Waals surface area contributed by atoms with Gasteiger partial charge in [-0.15, -0.1) is 0 Å². The maximum atomic E-state index is 11.8. The van der Waals surface area contributed by atoms with E-state index in [9.17, 15) is 14.4 Å². The van der Waals surface area contributed by atoms with E-state index in [1.54, 1.807) is 7.05 Å². The number of carbonyl (C=O) groups excluding carboxylic acids is 1. The Bertz CT molecular complexity index is 550. The van der Waals surface area contributed by atoms with Crippen LogP contribution in [0, 0.1) is 0 Å². The number of hydrogen-bond donors (Lipinski definition) is 1. The number of ether oxygens (including phenoxy) is 1. The number of rotatable bonds is 5. The standard InChI is InChI=1S/C12H16N2O5/c1-4-13(2)11(16)7-14-6-10(19-3)9(15)5-8(14)12(17)18/h5-6H,4,7H2,1-3H3,(H,17,18). The van der Waals surface area contributed by atoms with Crippen LogP contribution in [0.4, 0.5) is 0 Å².